The van der Waals surface area contributed by atoms with Gasteiger partial charge >= 0.3 is 5.97 Å². The van der Waals surface area contributed by atoms with E-state index in [-0.39, 0.29) is 12.2 Å². The normalized spacial score (nSPS) is 10.2. The van der Waals surface area contributed by atoms with Gasteiger partial charge < -0.3 is 24.5 Å². The minimum absolute atomic E-state index is 0.206. The van der Waals surface area contributed by atoms with Gasteiger partial charge in [0.2, 0.25) is 5.91 Å². The van der Waals surface area contributed by atoms with E-state index >= 15 is 0 Å². The molecule has 0 aromatic carbocycles. The fraction of sp³-hybridized carbons (Fsp3) is 0.417. The summed E-state index contributed by atoms with van der Waals surface area (Å²) < 4.78 is 10.9. The maximum atomic E-state index is 11.5. The smallest absolute Gasteiger partial charge is 0.329 e. The number of methoxy groups -OCH3 is 1. The van der Waals surface area contributed by atoms with Gasteiger partial charge in [0.15, 0.2) is 0 Å². The summed E-state index contributed by atoms with van der Waals surface area (Å²) in [5, 5.41) is 10.9. The van der Waals surface area contributed by atoms with E-state index in [1.54, 1.807) is 0 Å². The number of nitrogens with zero attached hydrogens (tertiary/aromatic N) is 1. The fourth-order valence-electron chi connectivity index (χ4n) is 1.40. The van der Waals surface area contributed by atoms with Crippen molar-refractivity contribution in [2.24, 2.45) is 0 Å². The number of pyridine rings is 1. The first-order chi connectivity index (χ1) is 9.52. The van der Waals surface area contributed by atoms with Gasteiger partial charge in [-0.3, -0.25) is 9.59 Å². The number of hydrogen-bond donors (Lipinski definition) is 2. The van der Waals surface area contributed by atoms with Crippen molar-refractivity contribution in [3.8, 4) is 0 Å². The Kier molecular flexibility index (Phi) is 6.41. The van der Waals surface area contributed by atoms with Crippen LogP contribution in [-0.2, 0) is 25.6 Å². The molecule has 0 bridgehead atoms. The monoisotopic (exact) mass is 284 g/mol. The standard InChI is InChI=1S/C12H16N2O6/c1-19-5-4-14-6-9(2-3-11(14)16)13-10(15)7-20-8-12(17)18/h2-3,6H,4-5,7-8H2,1H3,(H,13,15)(H,17,18). The van der Waals surface area contributed by atoms with Gasteiger partial charge in [0.25, 0.3) is 5.56 Å². The predicted molar refractivity (Wildman–Crippen MR) is 69.7 cm³/mol. The van der Waals surface area contributed by atoms with E-state index in [2.05, 4.69) is 10.1 Å². The van der Waals surface area contributed by atoms with Crippen molar-refractivity contribution in [1.29, 1.82) is 0 Å². The second-order valence-corrected chi connectivity index (χ2v) is 3.88. The van der Waals surface area contributed by atoms with Crippen LogP contribution in [0.4, 0.5) is 5.69 Å². The molecule has 2 N–H and O–H groups in total. The zero-order chi connectivity index (χ0) is 15.0. The number of carboxylic acids is 1. The number of hydrogen-bond acceptors (Lipinski definition) is 5. The van der Waals surface area contributed by atoms with Gasteiger partial charge in [0, 0.05) is 25.9 Å². The third-order valence-corrected chi connectivity index (χ3v) is 2.26. The van der Waals surface area contributed by atoms with E-state index in [0.29, 0.717) is 18.8 Å². The largest absolute Gasteiger partial charge is 0.480 e. The maximum absolute atomic E-state index is 11.5. The van der Waals surface area contributed by atoms with E-state index in [0.717, 1.165) is 0 Å². The summed E-state index contributed by atoms with van der Waals surface area (Å²) in [5.74, 6) is -1.64. The Bertz CT molecular complexity index is 525. The van der Waals surface area contributed by atoms with Gasteiger partial charge in [0.05, 0.1) is 12.3 Å². The highest BCUT2D eigenvalue weighted by Crippen LogP contribution is 2.03. The molecule has 0 fully saturated rings. The lowest BCUT2D eigenvalue weighted by molar-refractivity contribution is -0.143. The molecule has 1 aromatic heterocycles. The highest BCUT2D eigenvalue weighted by molar-refractivity contribution is 5.91. The predicted octanol–water partition coefficient (Wildman–Crippen LogP) is -0.466. The molecular formula is C12H16N2O6. The van der Waals surface area contributed by atoms with E-state index in [1.165, 1.54) is 30.0 Å². The van der Waals surface area contributed by atoms with E-state index in [1.807, 2.05) is 0 Å². The summed E-state index contributed by atoms with van der Waals surface area (Å²) in [6.07, 6.45) is 1.48. The van der Waals surface area contributed by atoms with Crippen molar-refractivity contribution in [2.45, 2.75) is 6.54 Å². The molecule has 0 atom stereocenters. The highest BCUT2D eigenvalue weighted by atomic mass is 16.5. The van der Waals surface area contributed by atoms with Crippen molar-refractivity contribution in [3.63, 3.8) is 0 Å². The van der Waals surface area contributed by atoms with E-state index < -0.39 is 18.5 Å². The van der Waals surface area contributed by atoms with Gasteiger partial charge in [-0.1, -0.05) is 0 Å². The molecule has 0 aliphatic rings. The van der Waals surface area contributed by atoms with E-state index in [9.17, 15) is 14.4 Å². The lowest BCUT2D eigenvalue weighted by Crippen LogP contribution is -2.24. The minimum Gasteiger partial charge on any atom is -0.480 e. The highest BCUT2D eigenvalue weighted by Gasteiger charge is 2.06. The average molecular weight is 284 g/mol. The number of ether oxygens (including phenoxy) is 2. The third-order valence-electron chi connectivity index (χ3n) is 2.26. The van der Waals surface area contributed by atoms with Crippen LogP contribution in [0.1, 0.15) is 0 Å². The summed E-state index contributed by atoms with van der Waals surface area (Å²) in [6, 6.07) is 2.78. The average Bonchev–Trinajstić information content (AvgIpc) is 2.39. The molecule has 1 amide bonds. The molecule has 20 heavy (non-hydrogen) atoms. The quantitative estimate of drug-likeness (QED) is 0.668. The van der Waals surface area contributed by atoms with Crippen LogP contribution in [0.3, 0.4) is 0 Å². The molecule has 1 heterocycles. The third kappa shape index (κ3) is 5.63. The minimum atomic E-state index is -1.15. The van der Waals surface area contributed by atoms with E-state index in [4.69, 9.17) is 9.84 Å². The van der Waals surface area contributed by atoms with Crippen LogP contribution in [0, 0.1) is 0 Å². The molecule has 0 saturated carbocycles. The van der Waals surface area contributed by atoms with Crippen molar-refractivity contribution in [2.75, 3.05) is 32.2 Å². The molecule has 0 aliphatic carbocycles. The Morgan fingerprint density at radius 3 is 2.75 bits per heavy atom. The maximum Gasteiger partial charge on any atom is 0.329 e. The van der Waals surface area contributed by atoms with Crippen molar-refractivity contribution in [1.82, 2.24) is 4.57 Å². The van der Waals surface area contributed by atoms with Crippen LogP contribution in [-0.4, -0.2) is 48.5 Å². The van der Waals surface area contributed by atoms with Gasteiger partial charge in [-0.25, -0.2) is 4.79 Å². The van der Waals surface area contributed by atoms with Crippen molar-refractivity contribution < 1.29 is 24.2 Å². The van der Waals surface area contributed by atoms with Gasteiger partial charge in [-0.2, -0.15) is 0 Å². The topological polar surface area (TPSA) is 107 Å². The van der Waals surface area contributed by atoms with Crippen LogP contribution in [0.25, 0.3) is 0 Å². The van der Waals surface area contributed by atoms with Gasteiger partial charge in [-0.05, 0) is 6.07 Å². The summed E-state index contributed by atoms with van der Waals surface area (Å²) in [7, 11) is 1.52. The SMILES string of the molecule is COCCn1cc(NC(=O)COCC(=O)O)ccc1=O. The second kappa shape index (κ2) is 8.08. The first kappa shape index (κ1) is 15.9. The van der Waals surface area contributed by atoms with Crippen LogP contribution in [0.5, 0.6) is 0 Å². The van der Waals surface area contributed by atoms with Crippen molar-refractivity contribution >= 4 is 17.6 Å². The molecule has 8 nitrogen and oxygen atoms in total. The lowest BCUT2D eigenvalue weighted by Gasteiger charge is -2.09. The number of aromatic nitrogens is 1. The number of carbonyl (C=O) groups is 2. The number of carboxylic acid groups (broad SMARTS) is 1. The Hall–Kier alpha value is -2.19. The molecule has 110 valence electrons. The first-order valence-corrected chi connectivity index (χ1v) is 5.81. The molecule has 1 rings (SSSR count). The zero-order valence-corrected chi connectivity index (χ0v) is 11.0. The molecule has 1 aromatic rings. The molecule has 0 radical (unpaired) electrons. The molecule has 0 spiro atoms. The summed E-state index contributed by atoms with van der Waals surface area (Å²) in [6.45, 7) is -0.169. The summed E-state index contributed by atoms with van der Waals surface area (Å²) >= 11 is 0. The molecule has 0 unspecified atom stereocenters. The van der Waals surface area contributed by atoms with Crippen LogP contribution in [0.15, 0.2) is 23.1 Å². The number of rotatable bonds is 8. The van der Waals surface area contributed by atoms with Crippen LogP contribution < -0.4 is 10.9 Å². The second-order valence-electron chi connectivity index (χ2n) is 3.88. The van der Waals surface area contributed by atoms with Crippen LogP contribution in [0.2, 0.25) is 0 Å². The molecule has 8 heteroatoms. The van der Waals surface area contributed by atoms with Crippen LogP contribution >= 0.6 is 0 Å². The van der Waals surface area contributed by atoms with Gasteiger partial charge in [-0.15, -0.1) is 0 Å². The molecule has 0 aliphatic heterocycles. The Morgan fingerprint density at radius 1 is 1.35 bits per heavy atom. The number of anilines is 1. The zero-order valence-electron chi connectivity index (χ0n) is 11.0. The number of nitrogens with one attached hydrogen (secondary N) is 1. The fourth-order valence-corrected chi connectivity index (χ4v) is 1.40. The summed E-state index contributed by atoms with van der Waals surface area (Å²) in [5.41, 5.74) is 0.215. The molecule has 0 saturated heterocycles. The first-order valence-electron chi connectivity index (χ1n) is 5.81. The number of aliphatic carboxylic acids is 1. The lowest BCUT2D eigenvalue weighted by atomic mass is 10.4. The number of amides is 1. The van der Waals surface area contributed by atoms with Gasteiger partial charge in [0.1, 0.15) is 13.2 Å². The Balaban J connectivity index is 2.56. The number of carbonyl (C=O) groups excluding carboxylic acids is 1. The Morgan fingerprint density at radius 2 is 2.10 bits per heavy atom. The Labute approximate surface area is 114 Å². The van der Waals surface area contributed by atoms with Crippen molar-refractivity contribution in [3.05, 3.63) is 28.7 Å². The molecular weight excluding hydrogens is 268 g/mol. The summed E-state index contributed by atoms with van der Waals surface area (Å²) in [4.78, 5) is 33.2.